The summed E-state index contributed by atoms with van der Waals surface area (Å²) in [5.41, 5.74) is -0.507. The second-order valence-electron chi connectivity index (χ2n) is 4.53. The topological polar surface area (TPSA) is 118 Å². The van der Waals surface area contributed by atoms with Crippen LogP contribution in [0.5, 0.6) is 0 Å². The van der Waals surface area contributed by atoms with Gasteiger partial charge in [0.2, 0.25) is 0 Å². The van der Waals surface area contributed by atoms with Crippen LogP contribution in [0.3, 0.4) is 0 Å². The fraction of sp³-hybridized carbons (Fsp3) is 0.250. The fourth-order valence-electron chi connectivity index (χ4n) is 1.77. The highest BCUT2D eigenvalue weighted by Crippen LogP contribution is 2.58. The number of non-ortho nitro benzene ring substituents is 1. The third-order valence-electron chi connectivity index (χ3n) is 3.03. The zero-order chi connectivity index (χ0) is 15.7. The smallest absolute Gasteiger partial charge is 0.323 e. The van der Waals surface area contributed by atoms with E-state index in [2.05, 4.69) is 6.58 Å². The number of ketones is 1. The zero-order valence-electron chi connectivity index (χ0n) is 10.9. The van der Waals surface area contributed by atoms with Crippen molar-refractivity contribution in [3.8, 4) is 0 Å². The lowest BCUT2D eigenvalue weighted by atomic mass is 9.92. The molecule has 0 aliphatic rings. The molecule has 8 heteroatoms. The average molecular weight is 299 g/mol. The summed E-state index contributed by atoms with van der Waals surface area (Å²) in [6.07, 6.45) is 0. The van der Waals surface area contributed by atoms with Gasteiger partial charge in [-0.15, -0.1) is 0 Å². The fourth-order valence-corrected chi connectivity index (χ4v) is 2.70. The van der Waals surface area contributed by atoms with Crippen LogP contribution in [0.1, 0.15) is 19.4 Å². The summed E-state index contributed by atoms with van der Waals surface area (Å²) in [7, 11) is -4.90. The summed E-state index contributed by atoms with van der Waals surface area (Å²) in [6.45, 7) is 5.78. The van der Waals surface area contributed by atoms with Crippen LogP contribution < -0.4 is 0 Å². The summed E-state index contributed by atoms with van der Waals surface area (Å²) in [5.74, 6) is -0.855. The first-order chi connectivity index (χ1) is 9.01. The number of hydrogen-bond acceptors (Lipinski definition) is 4. The molecule has 0 aliphatic carbocycles. The van der Waals surface area contributed by atoms with E-state index in [0.29, 0.717) is 0 Å². The number of allylic oxidation sites excluding steroid dienone is 1. The standard InChI is InChI=1S/C12H14NO6P/c1-8(2)11(14)12(3,20(17,18)19)9-5-4-6-10(7-9)13(15)16/h4-7H,1H2,2-3H3,(H2,17,18,19). The van der Waals surface area contributed by atoms with Gasteiger partial charge in [-0.1, -0.05) is 18.7 Å². The van der Waals surface area contributed by atoms with Crippen LogP contribution in [-0.4, -0.2) is 20.5 Å². The predicted molar refractivity (Wildman–Crippen MR) is 72.3 cm³/mol. The minimum absolute atomic E-state index is 0.0395. The normalized spacial score (nSPS) is 14.4. The second-order valence-corrected chi connectivity index (χ2v) is 6.52. The predicted octanol–water partition coefficient (Wildman–Crippen LogP) is 2.13. The molecule has 0 heterocycles. The van der Waals surface area contributed by atoms with Crippen molar-refractivity contribution in [2.24, 2.45) is 0 Å². The van der Waals surface area contributed by atoms with Crippen molar-refractivity contribution in [3.63, 3.8) is 0 Å². The van der Waals surface area contributed by atoms with E-state index in [1.807, 2.05) is 0 Å². The van der Waals surface area contributed by atoms with Crippen LogP contribution >= 0.6 is 7.60 Å². The molecule has 0 amide bonds. The van der Waals surface area contributed by atoms with Gasteiger partial charge < -0.3 is 9.79 Å². The average Bonchev–Trinajstić information content (AvgIpc) is 2.35. The van der Waals surface area contributed by atoms with Crippen molar-refractivity contribution >= 4 is 19.1 Å². The first-order valence-electron chi connectivity index (χ1n) is 5.52. The van der Waals surface area contributed by atoms with Gasteiger partial charge in [-0.2, -0.15) is 0 Å². The van der Waals surface area contributed by atoms with Crippen LogP contribution in [0.2, 0.25) is 0 Å². The molecule has 0 aliphatic heterocycles. The molecular weight excluding hydrogens is 285 g/mol. The van der Waals surface area contributed by atoms with Crippen molar-refractivity contribution in [2.75, 3.05) is 0 Å². The molecule has 0 saturated heterocycles. The number of nitrogens with zero attached hydrogens (tertiary/aromatic N) is 1. The Hall–Kier alpha value is -1.82. The van der Waals surface area contributed by atoms with Gasteiger partial charge >= 0.3 is 7.60 Å². The molecule has 7 nitrogen and oxygen atoms in total. The lowest BCUT2D eigenvalue weighted by Crippen LogP contribution is -2.33. The van der Waals surface area contributed by atoms with Gasteiger partial charge in [0.25, 0.3) is 5.69 Å². The molecule has 1 aromatic carbocycles. The first kappa shape index (κ1) is 16.2. The van der Waals surface area contributed by atoms with Crippen LogP contribution in [0.25, 0.3) is 0 Å². The van der Waals surface area contributed by atoms with Crippen molar-refractivity contribution < 1.29 is 24.1 Å². The Kier molecular flexibility index (Phi) is 4.29. The second kappa shape index (κ2) is 5.28. The minimum atomic E-state index is -4.90. The summed E-state index contributed by atoms with van der Waals surface area (Å²) in [4.78, 5) is 41.2. The highest BCUT2D eigenvalue weighted by atomic mass is 31.2. The van der Waals surface area contributed by atoms with Gasteiger partial charge in [-0.05, 0) is 25.0 Å². The molecule has 0 spiro atoms. The summed E-state index contributed by atoms with van der Waals surface area (Å²) in [6, 6.07) is 4.70. The third-order valence-corrected chi connectivity index (χ3v) is 4.66. The van der Waals surface area contributed by atoms with E-state index in [9.17, 15) is 29.3 Å². The van der Waals surface area contributed by atoms with Gasteiger partial charge in [-0.3, -0.25) is 19.5 Å². The molecule has 0 fully saturated rings. The molecule has 108 valence electrons. The Balaban J connectivity index is 3.59. The highest BCUT2D eigenvalue weighted by Gasteiger charge is 2.50. The van der Waals surface area contributed by atoms with E-state index in [1.165, 1.54) is 25.1 Å². The monoisotopic (exact) mass is 299 g/mol. The first-order valence-corrected chi connectivity index (χ1v) is 7.14. The molecule has 20 heavy (non-hydrogen) atoms. The molecule has 1 unspecified atom stereocenters. The highest BCUT2D eigenvalue weighted by molar-refractivity contribution is 7.54. The van der Waals surface area contributed by atoms with Gasteiger partial charge in [0.1, 0.15) is 0 Å². The number of nitro benzene ring substituents is 1. The largest absolute Gasteiger partial charge is 0.343 e. The number of hydrogen-bond donors (Lipinski definition) is 2. The van der Waals surface area contributed by atoms with E-state index < -0.39 is 23.5 Å². The van der Waals surface area contributed by atoms with Crippen LogP contribution in [0.15, 0.2) is 36.4 Å². The van der Waals surface area contributed by atoms with E-state index in [0.717, 1.165) is 13.0 Å². The maximum Gasteiger partial charge on any atom is 0.343 e. The van der Waals surface area contributed by atoms with E-state index >= 15 is 0 Å². The molecule has 0 saturated carbocycles. The minimum Gasteiger partial charge on any atom is -0.323 e. The number of nitro groups is 1. The Labute approximate surface area is 115 Å². The molecule has 1 atom stereocenters. The lowest BCUT2D eigenvalue weighted by molar-refractivity contribution is -0.384. The van der Waals surface area contributed by atoms with Crippen molar-refractivity contribution in [3.05, 3.63) is 52.1 Å². The van der Waals surface area contributed by atoms with Crippen molar-refractivity contribution in [1.29, 1.82) is 0 Å². The van der Waals surface area contributed by atoms with Gasteiger partial charge in [0.15, 0.2) is 10.9 Å². The molecular formula is C12H14NO6P. The number of rotatable bonds is 5. The molecule has 1 rings (SSSR count). The number of carbonyl (C=O) groups excluding carboxylic acids is 1. The van der Waals surface area contributed by atoms with Crippen LogP contribution in [-0.2, 0) is 14.5 Å². The van der Waals surface area contributed by atoms with Gasteiger partial charge in [0.05, 0.1) is 4.92 Å². The van der Waals surface area contributed by atoms with Crippen molar-refractivity contribution in [1.82, 2.24) is 0 Å². The number of Topliss-reactive ketones (excluding diaryl/α,β-unsaturated/α-hetero) is 1. The molecule has 0 radical (unpaired) electrons. The lowest BCUT2D eigenvalue weighted by Gasteiger charge is -2.29. The van der Waals surface area contributed by atoms with Crippen LogP contribution in [0.4, 0.5) is 5.69 Å². The van der Waals surface area contributed by atoms with E-state index in [-0.39, 0.29) is 16.8 Å². The number of carbonyl (C=O) groups is 1. The van der Waals surface area contributed by atoms with Gasteiger partial charge in [0, 0.05) is 12.1 Å². The third kappa shape index (κ3) is 2.70. The number of benzene rings is 1. The summed E-state index contributed by atoms with van der Waals surface area (Å²) < 4.78 is 11.7. The summed E-state index contributed by atoms with van der Waals surface area (Å²) in [5, 5.41) is 8.55. The van der Waals surface area contributed by atoms with Gasteiger partial charge in [-0.25, -0.2) is 0 Å². The Morgan fingerprint density at radius 1 is 1.45 bits per heavy atom. The van der Waals surface area contributed by atoms with Crippen molar-refractivity contribution in [2.45, 2.75) is 19.0 Å². The molecule has 0 bridgehead atoms. The van der Waals surface area contributed by atoms with Crippen LogP contribution in [0, 0.1) is 10.1 Å². The Bertz CT molecular complexity index is 635. The molecule has 1 aromatic rings. The van der Waals surface area contributed by atoms with E-state index in [4.69, 9.17) is 0 Å². The Morgan fingerprint density at radius 3 is 2.40 bits per heavy atom. The van der Waals surface area contributed by atoms with E-state index in [1.54, 1.807) is 0 Å². The zero-order valence-corrected chi connectivity index (χ0v) is 11.8. The quantitative estimate of drug-likeness (QED) is 0.372. The maximum absolute atomic E-state index is 12.1. The molecule has 2 N–H and O–H groups in total. The maximum atomic E-state index is 12.1. The summed E-state index contributed by atoms with van der Waals surface area (Å²) >= 11 is 0. The Morgan fingerprint density at radius 2 is 2.00 bits per heavy atom. The SMILES string of the molecule is C=C(C)C(=O)C(C)(c1cccc([N+](=O)[O-])c1)P(=O)(O)O. The molecule has 0 aromatic heterocycles.